The van der Waals surface area contributed by atoms with E-state index in [1.807, 2.05) is 79.7 Å². The Morgan fingerprint density at radius 3 is 1.64 bits per heavy atom. The molecule has 3 unspecified atom stereocenters. The first-order valence-corrected chi connectivity index (χ1v) is 27.0. The van der Waals surface area contributed by atoms with Crippen LogP contribution in [0.3, 0.4) is 0 Å². The van der Waals surface area contributed by atoms with Crippen LogP contribution in [0.1, 0.15) is 198 Å². The van der Waals surface area contributed by atoms with Gasteiger partial charge in [0.05, 0.1) is 37.1 Å². The summed E-state index contributed by atoms with van der Waals surface area (Å²) in [5.41, 5.74) is 10.3. The predicted octanol–water partition coefficient (Wildman–Crippen LogP) is 15.5. The Kier molecular flexibility index (Phi) is 20.9. The van der Waals surface area contributed by atoms with E-state index in [0.717, 1.165) is 121 Å². The number of aliphatic hydroxyl groups excluding tert-OH is 1. The fraction of sp³-hybridized carbons (Fsp3) is 0.369. The zero-order chi connectivity index (χ0) is 54.9. The number of rotatable bonds is 12. The second kappa shape index (κ2) is 27.9. The number of esters is 2. The van der Waals surface area contributed by atoms with E-state index in [-0.39, 0.29) is 59.1 Å². The van der Waals surface area contributed by atoms with Gasteiger partial charge in [0.2, 0.25) is 0 Å². The van der Waals surface area contributed by atoms with Gasteiger partial charge >= 0.3 is 11.9 Å². The van der Waals surface area contributed by atoms with Crippen LogP contribution in [-0.4, -0.2) is 54.2 Å². The van der Waals surface area contributed by atoms with E-state index in [4.69, 9.17) is 19.3 Å². The lowest BCUT2D eigenvalue weighted by Gasteiger charge is -2.10. The summed E-state index contributed by atoms with van der Waals surface area (Å²) in [7, 11) is 0. The molecule has 0 amide bonds. The molecule has 404 valence electrons. The molecule has 0 spiro atoms. The Morgan fingerprint density at radius 2 is 1.14 bits per heavy atom. The van der Waals surface area contributed by atoms with Gasteiger partial charge in [-0.05, 0) is 203 Å². The number of carbonyl (C=O) groups is 5. The van der Waals surface area contributed by atoms with Crippen molar-refractivity contribution in [2.45, 2.75) is 141 Å². The highest BCUT2D eigenvalue weighted by Gasteiger charge is 2.60. The van der Waals surface area contributed by atoms with Gasteiger partial charge in [0.1, 0.15) is 35.2 Å². The number of epoxide rings is 1. The van der Waals surface area contributed by atoms with E-state index >= 15 is 0 Å². The number of ether oxygens (including phenoxy) is 3. The summed E-state index contributed by atoms with van der Waals surface area (Å²) in [5, 5.41) is 8.96. The molecule has 2 saturated carbocycles. The molecule has 5 aromatic rings. The zero-order valence-electron chi connectivity index (χ0n) is 44.4. The molecule has 3 atom stereocenters. The number of Topliss-reactive ketones (excluding diaryl/α,β-unsaturated/α-hetero) is 2. The van der Waals surface area contributed by atoms with E-state index in [1.165, 1.54) is 13.3 Å². The molecular weight excluding hydrogens is 982 g/mol. The van der Waals surface area contributed by atoms with Gasteiger partial charge in [0.15, 0.2) is 5.78 Å². The minimum absolute atomic E-state index is 0.0140. The minimum Gasteiger partial charge on any atom is -0.462 e. The number of halogens is 3. The molecule has 9 nitrogen and oxygen atoms in total. The van der Waals surface area contributed by atoms with Crippen molar-refractivity contribution in [1.29, 1.82) is 0 Å². The summed E-state index contributed by atoms with van der Waals surface area (Å²) in [5.74, 6) is -0.309. The second-order valence-corrected chi connectivity index (χ2v) is 19.9. The van der Waals surface area contributed by atoms with Gasteiger partial charge in [-0.25, -0.2) is 22.8 Å². The first-order valence-electron chi connectivity index (χ1n) is 27.0. The van der Waals surface area contributed by atoms with Gasteiger partial charge in [-0.15, -0.1) is 0 Å². The lowest BCUT2D eigenvalue weighted by Crippen LogP contribution is -2.10. The molecule has 11 rings (SSSR count). The molecule has 5 aromatic carbocycles. The van der Waals surface area contributed by atoms with Crippen molar-refractivity contribution in [1.82, 2.24) is 0 Å². The topological polar surface area (TPSA) is 137 Å². The van der Waals surface area contributed by atoms with Gasteiger partial charge in [-0.2, -0.15) is 0 Å². The zero-order valence-corrected chi connectivity index (χ0v) is 44.4. The Hall–Kier alpha value is -7.02. The third-order valence-electron chi connectivity index (χ3n) is 14.7. The van der Waals surface area contributed by atoms with Crippen LogP contribution in [0.15, 0.2) is 139 Å². The highest BCUT2D eigenvalue weighted by Crippen LogP contribution is 2.57. The predicted molar refractivity (Wildman–Crippen MR) is 293 cm³/mol. The van der Waals surface area contributed by atoms with Gasteiger partial charge in [0, 0.05) is 23.5 Å². The molecular formula is C65H69F3O9. The number of carbonyl (C=O) groups excluding carboxylic acids is 5. The molecule has 6 aliphatic rings. The third kappa shape index (κ3) is 15.1. The van der Waals surface area contributed by atoms with Crippen molar-refractivity contribution in [3.8, 4) is 0 Å². The summed E-state index contributed by atoms with van der Waals surface area (Å²) in [6.45, 7) is 5.92. The molecule has 0 radical (unpaired) electrons. The third-order valence-corrected chi connectivity index (χ3v) is 14.7. The molecule has 1 saturated heterocycles. The Morgan fingerprint density at radius 1 is 0.610 bits per heavy atom. The van der Waals surface area contributed by atoms with Crippen molar-refractivity contribution in [3.05, 3.63) is 194 Å². The number of hydrogen-bond donors (Lipinski definition) is 1. The summed E-state index contributed by atoms with van der Waals surface area (Å²) >= 11 is 0. The van der Waals surface area contributed by atoms with Gasteiger partial charge < -0.3 is 19.3 Å². The fourth-order valence-electron chi connectivity index (χ4n) is 10.7. The van der Waals surface area contributed by atoms with Crippen molar-refractivity contribution >= 4 is 46.5 Å². The Balaban J connectivity index is 0.000000140. The van der Waals surface area contributed by atoms with Crippen LogP contribution in [0.5, 0.6) is 0 Å². The molecule has 5 aliphatic carbocycles. The van der Waals surface area contributed by atoms with Crippen molar-refractivity contribution < 1.29 is 56.5 Å². The standard InChI is InChI=1S/2C14H16O3.C13H13FO.C12H13FO.C12H11FO/c1-2-16-13(15)10-5-3-6-11(9-10)14-8-4-7-12(14)17-14;1-2-17-14(16)11-6-3-5-10(9-11)12-7-4-8-13(12)15;1-9(15)10-4-2-5-11(8-10)12-6-3-7-13(12)14;2*13-12-6-2-5-11(12)10-4-1-3-9(7-10)8-14/h2*3,5-6,9,12H,2,4,7-8H2,1H3;2,4-5,8H,3,6-7H2,1H3;1,3-4,7,14H,2,5-6,8H2;1,3-4,7-8H,2,5-6H2. The largest absolute Gasteiger partial charge is 0.462 e. The maximum absolute atomic E-state index is 13.4. The maximum atomic E-state index is 13.4. The highest BCUT2D eigenvalue weighted by molar-refractivity contribution is 5.95. The number of aliphatic hydroxyl groups is 1. The average Bonchev–Trinajstić information content (AvgIpc) is 4.24. The van der Waals surface area contributed by atoms with Crippen molar-refractivity contribution in [2.75, 3.05) is 13.2 Å². The molecule has 12 heteroatoms. The normalized spacial score (nSPS) is 19.9. The van der Waals surface area contributed by atoms with Crippen molar-refractivity contribution in [2.24, 2.45) is 0 Å². The average molecular weight is 1050 g/mol. The number of fused-ring (bicyclic) bond motifs is 1. The fourth-order valence-corrected chi connectivity index (χ4v) is 10.7. The van der Waals surface area contributed by atoms with Crippen LogP contribution in [-0.2, 0) is 31.2 Å². The molecule has 77 heavy (non-hydrogen) atoms. The second-order valence-electron chi connectivity index (χ2n) is 19.9. The highest BCUT2D eigenvalue weighted by atomic mass is 19.1. The Bertz CT molecular complexity index is 3020. The first-order chi connectivity index (χ1) is 37.3. The quantitative estimate of drug-likeness (QED) is 0.0560. The minimum atomic E-state index is -0.320. The molecule has 1 aliphatic heterocycles. The van der Waals surface area contributed by atoms with Gasteiger partial charge in [-0.1, -0.05) is 78.9 Å². The van der Waals surface area contributed by atoms with Gasteiger partial charge in [0.25, 0.3) is 0 Å². The lowest BCUT2D eigenvalue weighted by atomic mass is 9.95. The number of aldehydes is 1. The summed E-state index contributed by atoms with van der Waals surface area (Å²) in [4.78, 5) is 56.6. The van der Waals surface area contributed by atoms with E-state index in [1.54, 1.807) is 55.5 Å². The first kappa shape index (κ1) is 57.7. The number of ketones is 2. The number of allylic oxidation sites excluding steroid dienone is 6. The van der Waals surface area contributed by atoms with Crippen LogP contribution in [0.4, 0.5) is 13.2 Å². The van der Waals surface area contributed by atoms with Crippen molar-refractivity contribution in [3.63, 3.8) is 0 Å². The maximum Gasteiger partial charge on any atom is 0.338 e. The van der Waals surface area contributed by atoms with E-state index in [9.17, 15) is 37.1 Å². The van der Waals surface area contributed by atoms with Crippen LogP contribution in [0, 0.1) is 0 Å². The molecule has 1 N–H and O–H groups in total. The SMILES string of the molecule is CC(=O)c1cccc(C2=C(F)CCC2)c1.CCOC(=O)c1cccc(C23CCCC2O3)c1.CCOC(=O)c1cccc(C2CCCC2=O)c1.O=Cc1cccc(C2=C(F)CCC2)c1.OCc1cccc(C2=C(F)CCC2)c1. The van der Waals surface area contributed by atoms with Gasteiger partial charge in [-0.3, -0.25) is 14.4 Å². The number of benzene rings is 5. The van der Waals surface area contributed by atoms with E-state index in [2.05, 4.69) is 0 Å². The number of hydrogen-bond acceptors (Lipinski definition) is 9. The Labute approximate surface area is 450 Å². The van der Waals surface area contributed by atoms with E-state index in [0.29, 0.717) is 67.3 Å². The molecule has 0 aromatic heterocycles. The van der Waals surface area contributed by atoms with Crippen LogP contribution in [0.25, 0.3) is 16.7 Å². The lowest BCUT2D eigenvalue weighted by molar-refractivity contribution is -0.118. The van der Waals surface area contributed by atoms with Crippen LogP contribution in [0.2, 0.25) is 0 Å². The summed E-state index contributed by atoms with van der Waals surface area (Å²) in [6, 6.07) is 36.7. The monoisotopic (exact) mass is 1050 g/mol. The molecule has 1 heterocycles. The smallest absolute Gasteiger partial charge is 0.338 e. The van der Waals surface area contributed by atoms with Crippen LogP contribution >= 0.6 is 0 Å². The van der Waals surface area contributed by atoms with Crippen LogP contribution < -0.4 is 0 Å². The molecule has 3 fully saturated rings. The molecule has 0 bridgehead atoms. The summed E-state index contributed by atoms with van der Waals surface area (Å²) < 4.78 is 55.8. The summed E-state index contributed by atoms with van der Waals surface area (Å²) in [6.07, 6.45) is 13.8. The van der Waals surface area contributed by atoms with E-state index < -0.39 is 0 Å².